The molecule has 3 heterocycles. The van der Waals surface area contributed by atoms with Gasteiger partial charge in [-0.15, -0.1) is 11.3 Å². The van der Waals surface area contributed by atoms with Gasteiger partial charge >= 0.3 is 0 Å². The summed E-state index contributed by atoms with van der Waals surface area (Å²) in [6.45, 7) is 2.30. The first-order valence-corrected chi connectivity index (χ1v) is 16.1. The van der Waals surface area contributed by atoms with Crippen molar-refractivity contribution in [3.05, 3.63) is 117 Å². The molecule has 45 heavy (non-hydrogen) atoms. The Morgan fingerprint density at radius 2 is 1.56 bits per heavy atom. The second-order valence-electron chi connectivity index (χ2n) is 11.1. The second kappa shape index (κ2) is 13.4. The molecule has 2 fully saturated rings. The fourth-order valence-corrected chi connectivity index (χ4v) is 7.57. The maximum atomic E-state index is 14.9. The van der Waals surface area contributed by atoms with Crippen molar-refractivity contribution in [2.75, 3.05) is 40.4 Å². The summed E-state index contributed by atoms with van der Waals surface area (Å²) in [7, 11) is 3.05. The van der Waals surface area contributed by atoms with Crippen LogP contribution in [0.2, 0.25) is 5.02 Å². The van der Waals surface area contributed by atoms with E-state index in [1.165, 1.54) is 25.6 Å². The average Bonchev–Trinajstić information content (AvgIpc) is 3.75. The number of hydrogen-bond donors (Lipinski definition) is 1. The molecule has 8 nitrogen and oxygen atoms in total. The topological polar surface area (TPSA) is 88.2 Å². The van der Waals surface area contributed by atoms with Crippen LogP contribution in [-0.4, -0.2) is 73.8 Å². The van der Waals surface area contributed by atoms with Crippen molar-refractivity contribution in [2.24, 2.45) is 5.92 Å². The zero-order valence-electron chi connectivity index (χ0n) is 25.0. The molecular weight excluding hydrogens is 610 g/mol. The molecule has 2 aliphatic heterocycles. The van der Waals surface area contributed by atoms with Crippen molar-refractivity contribution >= 4 is 40.5 Å². The SMILES string of the molecule is COc1ccc(C(=O)N2C(C(=O)N3CCNCC3)C(c3ccc(Cl)cc3)C(C(=O)c3ccccc3)C2c2cccs2)cc1OC. The first-order valence-electron chi connectivity index (χ1n) is 14.8. The van der Waals surface area contributed by atoms with Crippen LogP contribution in [0.25, 0.3) is 0 Å². The Balaban J connectivity index is 1.59. The van der Waals surface area contributed by atoms with Crippen molar-refractivity contribution in [1.82, 2.24) is 15.1 Å². The summed E-state index contributed by atoms with van der Waals surface area (Å²) < 4.78 is 11.0. The lowest BCUT2D eigenvalue weighted by Crippen LogP contribution is -2.54. The van der Waals surface area contributed by atoms with E-state index in [-0.39, 0.29) is 17.6 Å². The first kappa shape index (κ1) is 30.8. The first-order chi connectivity index (χ1) is 21.9. The van der Waals surface area contributed by atoms with Crippen molar-refractivity contribution in [3.8, 4) is 11.5 Å². The Kier molecular flexibility index (Phi) is 9.21. The monoisotopic (exact) mass is 643 g/mol. The number of nitrogens with zero attached hydrogens (tertiary/aromatic N) is 2. The molecule has 10 heteroatoms. The average molecular weight is 644 g/mol. The van der Waals surface area contributed by atoms with E-state index in [2.05, 4.69) is 5.32 Å². The maximum Gasteiger partial charge on any atom is 0.255 e. The Morgan fingerprint density at radius 3 is 2.20 bits per heavy atom. The molecule has 1 N–H and O–H groups in total. The number of carbonyl (C=O) groups excluding carboxylic acids is 3. The highest BCUT2D eigenvalue weighted by molar-refractivity contribution is 7.10. The Hall–Kier alpha value is -4.18. The summed E-state index contributed by atoms with van der Waals surface area (Å²) in [5.41, 5.74) is 1.62. The largest absolute Gasteiger partial charge is 0.493 e. The lowest BCUT2D eigenvalue weighted by Gasteiger charge is -2.36. The number of Topliss-reactive ketones (excluding diaryl/α,β-unsaturated/α-hetero) is 1. The number of benzene rings is 3. The summed E-state index contributed by atoms with van der Waals surface area (Å²) in [6, 6.07) is 23.5. The quantitative estimate of drug-likeness (QED) is 0.248. The van der Waals surface area contributed by atoms with Crippen LogP contribution in [0.5, 0.6) is 11.5 Å². The number of carbonyl (C=O) groups is 3. The number of hydrogen-bond acceptors (Lipinski definition) is 7. The van der Waals surface area contributed by atoms with Crippen molar-refractivity contribution in [2.45, 2.75) is 18.0 Å². The normalized spacial score (nSPS) is 21.4. The lowest BCUT2D eigenvalue weighted by molar-refractivity contribution is -0.136. The number of likely N-dealkylation sites (tertiary alicyclic amines) is 1. The molecule has 1 aromatic heterocycles. The van der Waals surface area contributed by atoms with Crippen LogP contribution in [0.4, 0.5) is 0 Å². The molecule has 4 atom stereocenters. The van der Waals surface area contributed by atoms with Crippen molar-refractivity contribution in [1.29, 1.82) is 0 Å². The standard InChI is InChI=1S/C35H34ClN3O5S/c1-43-26-15-12-24(21-27(26)44-2)34(41)39-31(28-9-6-20-45-28)30(33(40)23-7-4-3-5-8-23)29(22-10-13-25(36)14-11-22)32(39)35(42)38-18-16-37-17-19-38/h3-15,20-21,29-32,37H,16-19H2,1-2H3. The molecule has 4 aromatic rings. The van der Waals surface area contributed by atoms with Crippen molar-refractivity contribution in [3.63, 3.8) is 0 Å². The van der Waals surface area contributed by atoms with Gasteiger partial charge in [-0.25, -0.2) is 0 Å². The predicted molar refractivity (Wildman–Crippen MR) is 174 cm³/mol. The molecule has 0 aliphatic carbocycles. The minimum Gasteiger partial charge on any atom is -0.493 e. The van der Waals surface area contributed by atoms with E-state index in [1.54, 1.807) is 52.3 Å². The number of halogens is 1. The smallest absolute Gasteiger partial charge is 0.255 e. The van der Waals surface area contributed by atoms with Crippen molar-refractivity contribution < 1.29 is 23.9 Å². The van der Waals surface area contributed by atoms with Gasteiger partial charge in [0.25, 0.3) is 5.91 Å². The van der Waals surface area contributed by atoms with E-state index in [9.17, 15) is 14.4 Å². The summed E-state index contributed by atoms with van der Waals surface area (Å²) in [6.07, 6.45) is 0. The van der Waals surface area contributed by atoms with Crippen LogP contribution >= 0.6 is 22.9 Å². The molecule has 0 saturated carbocycles. The minimum atomic E-state index is -0.963. The molecule has 0 spiro atoms. The van der Waals surface area contributed by atoms with Crippen LogP contribution in [0.15, 0.2) is 90.3 Å². The third-order valence-electron chi connectivity index (χ3n) is 8.66. The van der Waals surface area contributed by atoms with Gasteiger partial charge in [0, 0.05) is 53.1 Å². The summed E-state index contributed by atoms with van der Waals surface area (Å²) in [4.78, 5) is 48.6. The van der Waals surface area contributed by atoms with Crippen LogP contribution < -0.4 is 14.8 Å². The third-order valence-corrected chi connectivity index (χ3v) is 9.86. The fraction of sp³-hybridized carbons (Fsp3) is 0.286. The number of piperazine rings is 1. The fourth-order valence-electron chi connectivity index (χ4n) is 6.58. The number of amides is 2. The van der Waals surface area contributed by atoms with E-state index >= 15 is 0 Å². The van der Waals surface area contributed by atoms with Crippen LogP contribution in [0.3, 0.4) is 0 Å². The number of methoxy groups -OCH3 is 2. The maximum absolute atomic E-state index is 14.9. The van der Waals surface area contributed by atoms with Gasteiger partial charge in [-0.2, -0.15) is 0 Å². The minimum absolute atomic E-state index is 0.130. The van der Waals surface area contributed by atoms with Crippen LogP contribution in [0, 0.1) is 5.92 Å². The van der Waals surface area contributed by atoms with Gasteiger partial charge < -0.3 is 24.6 Å². The molecule has 2 saturated heterocycles. The van der Waals surface area contributed by atoms with E-state index in [1.807, 2.05) is 47.8 Å². The molecule has 6 rings (SSSR count). The van der Waals surface area contributed by atoms with E-state index in [0.717, 1.165) is 10.4 Å². The zero-order chi connectivity index (χ0) is 31.5. The zero-order valence-corrected chi connectivity index (χ0v) is 26.6. The highest BCUT2D eigenvalue weighted by atomic mass is 35.5. The van der Waals surface area contributed by atoms with Crippen LogP contribution in [0.1, 0.15) is 43.1 Å². The summed E-state index contributed by atoms with van der Waals surface area (Å²) in [5, 5.41) is 5.78. The molecule has 232 valence electrons. The number of ether oxygens (including phenoxy) is 2. The summed E-state index contributed by atoms with van der Waals surface area (Å²) >= 11 is 7.79. The highest BCUT2D eigenvalue weighted by Crippen LogP contribution is 2.53. The highest BCUT2D eigenvalue weighted by Gasteiger charge is 2.58. The Morgan fingerprint density at radius 1 is 0.844 bits per heavy atom. The molecule has 0 radical (unpaired) electrons. The summed E-state index contributed by atoms with van der Waals surface area (Å²) in [5.74, 6) is -1.21. The third kappa shape index (κ3) is 5.95. The molecular formula is C35H34ClN3O5S. The second-order valence-corrected chi connectivity index (χ2v) is 12.5. The number of thiophene rings is 1. The number of nitrogens with one attached hydrogen (secondary N) is 1. The van der Waals surface area contributed by atoms with E-state index < -0.39 is 23.9 Å². The van der Waals surface area contributed by atoms with Gasteiger partial charge in [-0.05, 0) is 47.3 Å². The molecule has 2 aliphatic rings. The van der Waals surface area contributed by atoms with Gasteiger partial charge in [0.15, 0.2) is 17.3 Å². The van der Waals surface area contributed by atoms with E-state index in [0.29, 0.717) is 53.8 Å². The molecule has 0 bridgehead atoms. The number of ketones is 1. The van der Waals surface area contributed by atoms with E-state index in [4.69, 9.17) is 21.1 Å². The molecule has 2 amide bonds. The van der Waals surface area contributed by atoms with Crippen LogP contribution in [-0.2, 0) is 4.79 Å². The predicted octanol–water partition coefficient (Wildman–Crippen LogP) is 5.70. The molecule has 3 aromatic carbocycles. The van der Waals surface area contributed by atoms with Gasteiger partial charge in [0.1, 0.15) is 6.04 Å². The Labute approximate surface area is 271 Å². The number of rotatable bonds is 8. The lowest BCUT2D eigenvalue weighted by atomic mass is 9.77. The van der Waals surface area contributed by atoms with Gasteiger partial charge in [-0.3, -0.25) is 14.4 Å². The van der Waals surface area contributed by atoms with Gasteiger partial charge in [-0.1, -0.05) is 60.1 Å². The Bertz CT molecular complexity index is 1660. The van der Waals surface area contributed by atoms with Gasteiger partial charge in [0.05, 0.1) is 26.2 Å². The molecule has 4 unspecified atom stereocenters. The van der Waals surface area contributed by atoms with Gasteiger partial charge in [0.2, 0.25) is 5.91 Å².